The minimum Gasteiger partial charge on any atom is -0.493 e. The number of benzene rings is 5. The fourth-order valence-electron chi connectivity index (χ4n) is 5.32. The Morgan fingerprint density at radius 2 is 1.74 bits per heavy atom. The molecule has 10 nitrogen and oxygen atoms in total. The van der Waals surface area contributed by atoms with Crippen molar-refractivity contribution in [2.75, 3.05) is 7.11 Å². The van der Waals surface area contributed by atoms with Crippen LogP contribution in [0.25, 0.3) is 44.2 Å². The summed E-state index contributed by atoms with van der Waals surface area (Å²) in [6, 6.07) is 30.8. The first-order valence-corrected chi connectivity index (χ1v) is 14.9. The summed E-state index contributed by atoms with van der Waals surface area (Å²) in [4.78, 5) is 30.1. The van der Waals surface area contributed by atoms with Gasteiger partial charge >= 0.3 is 5.69 Å². The van der Waals surface area contributed by atoms with Crippen molar-refractivity contribution in [2.24, 2.45) is 5.10 Å². The van der Waals surface area contributed by atoms with E-state index in [9.17, 15) is 14.9 Å². The Morgan fingerprint density at radius 1 is 0.957 bits per heavy atom. The van der Waals surface area contributed by atoms with Gasteiger partial charge in [0.1, 0.15) is 12.2 Å². The van der Waals surface area contributed by atoms with E-state index >= 15 is 0 Å². The molecule has 0 unspecified atom stereocenters. The third kappa shape index (κ3) is 5.37. The molecule has 0 radical (unpaired) electrons. The zero-order valence-electron chi connectivity index (χ0n) is 24.2. The highest BCUT2D eigenvalue weighted by Crippen LogP contribution is 2.39. The molecule has 46 heavy (non-hydrogen) atoms. The van der Waals surface area contributed by atoms with Crippen LogP contribution < -0.4 is 15.0 Å². The van der Waals surface area contributed by atoms with Gasteiger partial charge in [0.2, 0.25) is 11.6 Å². The van der Waals surface area contributed by atoms with Gasteiger partial charge in [-0.15, -0.1) is 0 Å². The van der Waals surface area contributed by atoms with E-state index in [-0.39, 0.29) is 29.6 Å². The van der Waals surface area contributed by atoms with E-state index in [1.165, 1.54) is 19.4 Å². The van der Waals surface area contributed by atoms with Crippen LogP contribution in [0, 0.1) is 10.1 Å². The number of furan rings is 1. The number of nitro groups is 1. The summed E-state index contributed by atoms with van der Waals surface area (Å²) in [6.45, 7) is 0.0849. The summed E-state index contributed by atoms with van der Waals surface area (Å²) < 4.78 is 19.6. The van der Waals surface area contributed by atoms with Gasteiger partial charge in [-0.25, -0.2) is 4.98 Å². The highest BCUT2D eigenvalue weighted by Gasteiger charge is 2.23. The Morgan fingerprint density at radius 3 is 2.57 bits per heavy atom. The summed E-state index contributed by atoms with van der Waals surface area (Å²) in [6.07, 6.45) is 1.34. The molecule has 2 heterocycles. The van der Waals surface area contributed by atoms with E-state index in [4.69, 9.17) is 18.9 Å². The van der Waals surface area contributed by atoms with E-state index in [0.717, 1.165) is 30.9 Å². The number of rotatable bonds is 8. The summed E-state index contributed by atoms with van der Waals surface area (Å²) in [5.74, 6) is 0.622. The van der Waals surface area contributed by atoms with Crippen LogP contribution >= 0.6 is 15.9 Å². The van der Waals surface area contributed by atoms with Gasteiger partial charge in [0.25, 0.3) is 5.56 Å². The van der Waals surface area contributed by atoms with E-state index in [1.807, 2.05) is 60.7 Å². The van der Waals surface area contributed by atoms with Crippen molar-refractivity contribution in [2.45, 2.75) is 6.61 Å². The number of nitro benzene ring substituents is 1. The fourth-order valence-corrected chi connectivity index (χ4v) is 5.70. The summed E-state index contributed by atoms with van der Waals surface area (Å²) in [7, 11) is 1.40. The number of methoxy groups -OCH3 is 1. The summed E-state index contributed by atoms with van der Waals surface area (Å²) >= 11 is 3.47. The predicted molar refractivity (Wildman–Crippen MR) is 180 cm³/mol. The largest absolute Gasteiger partial charge is 0.493 e. The van der Waals surface area contributed by atoms with Crippen LogP contribution in [0.1, 0.15) is 11.1 Å². The lowest BCUT2D eigenvalue weighted by Gasteiger charge is -2.13. The average Bonchev–Trinajstić information content (AvgIpc) is 3.49. The molecule has 0 saturated heterocycles. The van der Waals surface area contributed by atoms with E-state index in [0.29, 0.717) is 27.8 Å². The molecule has 7 rings (SSSR count). The van der Waals surface area contributed by atoms with Gasteiger partial charge in [-0.1, -0.05) is 70.5 Å². The van der Waals surface area contributed by atoms with Crippen molar-refractivity contribution in [1.82, 2.24) is 9.66 Å². The number of ether oxygens (including phenoxy) is 2. The van der Waals surface area contributed by atoms with Crippen LogP contribution in [0.3, 0.4) is 0 Å². The predicted octanol–water partition coefficient (Wildman–Crippen LogP) is 8.10. The molecule has 2 aromatic heterocycles. The van der Waals surface area contributed by atoms with Gasteiger partial charge in [0.05, 0.1) is 29.2 Å². The fraction of sp³-hybridized carbons (Fsp3) is 0.0571. The lowest BCUT2D eigenvalue weighted by molar-refractivity contribution is -0.386. The van der Waals surface area contributed by atoms with E-state index in [2.05, 4.69) is 21.0 Å². The van der Waals surface area contributed by atoms with Crippen LogP contribution in [-0.2, 0) is 6.61 Å². The maximum absolute atomic E-state index is 13.7. The van der Waals surface area contributed by atoms with Crippen molar-refractivity contribution in [1.29, 1.82) is 0 Å². The van der Waals surface area contributed by atoms with Crippen LogP contribution in [0.2, 0.25) is 0 Å². The number of fused-ring (bicyclic) bond motifs is 3. The Labute approximate surface area is 269 Å². The van der Waals surface area contributed by atoms with Gasteiger partial charge in [-0.05, 0) is 58.8 Å². The monoisotopic (exact) mass is 674 g/mol. The first-order valence-electron chi connectivity index (χ1n) is 14.1. The maximum Gasteiger partial charge on any atom is 0.315 e. The summed E-state index contributed by atoms with van der Waals surface area (Å²) in [5.41, 5.74) is 1.51. The number of aromatic nitrogens is 2. The smallest absolute Gasteiger partial charge is 0.315 e. The minimum atomic E-state index is -0.542. The Hall–Kier alpha value is -5.81. The molecule has 0 bridgehead atoms. The molecule has 0 aliphatic heterocycles. The lowest BCUT2D eigenvalue weighted by Crippen LogP contribution is -2.20. The van der Waals surface area contributed by atoms with Gasteiger partial charge in [-0.2, -0.15) is 9.78 Å². The van der Waals surface area contributed by atoms with Crippen LogP contribution in [-0.4, -0.2) is 27.9 Å². The van der Waals surface area contributed by atoms with E-state index in [1.54, 1.807) is 36.4 Å². The Kier molecular flexibility index (Phi) is 7.51. The first kappa shape index (κ1) is 28.9. The first-order chi connectivity index (χ1) is 22.4. The van der Waals surface area contributed by atoms with Crippen LogP contribution in [0.5, 0.6) is 11.5 Å². The molecule has 0 amide bonds. The van der Waals surface area contributed by atoms with Gasteiger partial charge in [0.15, 0.2) is 11.5 Å². The second-order valence-electron chi connectivity index (χ2n) is 10.4. The number of para-hydroxylation sites is 1. The van der Waals surface area contributed by atoms with Crippen LogP contribution in [0.4, 0.5) is 5.69 Å². The second kappa shape index (κ2) is 11.9. The molecule has 7 aromatic rings. The van der Waals surface area contributed by atoms with Gasteiger partial charge in [-0.3, -0.25) is 14.9 Å². The molecule has 5 aromatic carbocycles. The number of hydrogen-bond acceptors (Lipinski definition) is 8. The second-order valence-corrected chi connectivity index (χ2v) is 11.3. The number of hydrogen-bond donors (Lipinski definition) is 0. The normalized spacial score (nSPS) is 11.5. The highest BCUT2D eigenvalue weighted by atomic mass is 79.9. The molecule has 0 aliphatic carbocycles. The summed E-state index contributed by atoms with van der Waals surface area (Å²) in [5, 5.41) is 19.9. The molecule has 11 heteroatoms. The number of halogens is 1. The topological polar surface area (TPSA) is 122 Å². The van der Waals surface area contributed by atoms with Crippen LogP contribution in [0.15, 0.2) is 122 Å². The van der Waals surface area contributed by atoms with Crippen molar-refractivity contribution in [3.63, 3.8) is 0 Å². The van der Waals surface area contributed by atoms with E-state index < -0.39 is 10.5 Å². The highest BCUT2D eigenvalue weighted by molar-refractivity contribution is 9.10. The lowest BCUT2D eigenvalue weighted by atomic mass is 10.1. The van der Waals surface area contributed by atoms with Gasteiger partial charge < -0.3 is 13.9 Å². The molecule has 226 valence electrons. The molecular formula is C35H23BrN4O6. The molecule has 0 aliphatic rings. The van der Waals surface area contributed by atoms with Gasteiger partial charge in [0, 0.05) is 21.5 Å². The third-order valence-corrected chi connectivity index (χ3v) is 7.99. The molecule has 0 N–H and O–H groups in total. The molecule has 0 atom stereocenters. The minimum absolute atomic E-state index is 0.0174. The SMILES string of the molecule is COc1cc(C=Nn2c(-c3cc4cc(Br)ccc4o3)nc3ccccc3c2=O)cc([N+](=O)[O-])c1OCc1cccc2ccccc12. The van der Waals surface area contributed by atoms with Crippen molar-refractivity contribution in [3.05, 3.63) is 139 Å². The third-order valence-electron chi connectivity index (χ3n) is 7.50. The van der Waals surface area contributed by atoms with Crippen molar-refractivity contribution in [3.8, 4) is 23.1 Å². The van der Waals surface area contributed by atoms with Crippen molar-refractivity contribution >= 4 is 60.5 Å². The van der Waals surface area contributed by atoms with Crippen molar-refractivity contribution < 1.29 is 18.8 Å². The molecule has 0 spiro atoms. The zero-order valence-corrected chi connectivity index (χ0v) is 25.8. The number of nitrogens with zero attached hydrogens (tertiary/aromatic N) is 4. The standard InChI is InChI=1S/C35H23BrN4O6/c1-44-31-16-21(15-29(40(42)43)33(31)45-20-23-9-6-8-22-7-2-3-10-26(22)23)19-37-39-34(38-28-12-5-4-11-27(28)35(39)41)32-18-24-17-25(36)13-14-30(24)46-32/h2-19H,20H2,1H3. The average molecular weight is 675 g/mol. The Balaban J connectivity index is 1.30. The zero-order chi connectivity index (χ0) is 31.8. The molecule has 0 fully saturated rings. The quantitative estimate of drug-likeness (QED) is 0.0906. The molecular weight excluding hydrogens is 652 g/mol. The molecule has 0 saturated carbocycles. The maximum atomic E-state index is 13.7. The Bertz CT molecular complexity index is 2390.